The molecule has 0 fully saturated rings. The monoisotopic (exact) mass is 328 g/mol. The van der Waals surface area contributed by atoms with E-state index in [1.165, 1.54) is 0 Å². The van der Waals surface area contributed by atoms with E-state index in [0.717, 1.165) is 16.7 Å². The zero-order chi connectivity index (χ0) is 18.4. The van der Waals surface area contributed by atoms with Gasteiger partial charge in [-0.1, -0.05) is 41.5 Å². The lowest BCUT2D eigenvalue weighted by molar-refractivity contribution is -0.121. The number of benzene rings is 1. The molecular weight excluding hydrogens is 300 g/mol. The first-order chi connectivity index (χ1) is 10.8. The fourth-order valence-corrected chi connectivity index (χ4v) is 2.75. The minimum absolute atomic E-state index is 0.102. The van der Waals surface area contributed by atoms with Crippen LogP contribution in [0.4, 0.5) is 0 Å². The summed E-state index contributed by atoms with van der Waals surface area (Å²) < 4.78 is 0. The van der Waals surface area contributed by atoms with Gasteiger partial charge in [-0.25, -0.2) is 4.99 Å². The molecule has 1 aliphatic heterocycles. The van der Waals surface area contributed by atoms with Gasteiger partial charge >= 0.3 is 0 Å². The maximum absolute atomic E-state index is 12.2. The molecule has 0 atom stereocenters. The highest BCUT2D eigenvalue weighted by atomic mass is 16.3. The Balaban J connectivity index is 2.67. The highest BCUT2D eigenvalue weighted by Crippen LogP contribution is 2.40. The van der Waals surface area contributed by atoms with Crippen molar-refractivity contribution in [2.24, 2.45) is 4.99 Å². The zero-order valence-corrected chi connectivity index (χ0v) is 16.0. The van der Waals surface area contributed by atoms with Crippen molar-refractivity contribution < 1.29 is 9.90 Å². The minimum atomic E-state index is -0.200. The van der Waals surface area contributed by atoms with Crippen LogP contribution in [0.2, 0.25) is 0 Å². The number of phenols is 1. The number of rotatable bonds is 1. The predicted octanol–water partition coefficient (Wildman–Crippen LogP) is 4.22. The van der Waals surface area contributed by atoms with Gasteiger partial charge in [0.2, 0.25) is 0 Å². The number of hydrogen-bond acceptors (Lipinski definition) is 3. The highest BCUT2D eigenvalue weighted by Gasteiger charge is 2.28. The van der Waals surface area contributed by atoms with E-state index in [4.69, 9.17) is 0 Å². The van der Waals surface area contributed by atoms with Crippen molar-refractivity contribution in [3.8, 4) is 5.75 Å². The van der Waals surface area contributed by atoms with Crippen LogP contribution in [0.5, 0.6) is 5.75 Å². The Morgan fingerprint density at radius 1 is 1.04 bits per heavy atom. The smallest absolute Gasteiger partial charge is 0.277 e. The van der Waals surface area contributed by atoms with Crippen LogP contribution in [0, 0.1) is 0 Å². The van der Waals surface area contributed by atoms with Crippen LogP contribution in [0.3, 0.4) is 0 Å². The molecule has 4 heteroatoms. The number of amidine groups is 1. The fourth-order valence-electron chi connectivity index (χ4n) is 2.75. The lowest BCUT2D eigenvalue weighted by Crippen LogP contribution is -2.25. The average Bonchev–Trinajstić information content (AvgIpc) is 2.65. The number of nitrogens with zero attached hydrogens (tertiary/aromatic N) is 2. The number of phenolic OH excluding ortho intramolecular Hbond substituents is 1. The second-order valence-corrected chi connectivity index (χ2v) is 8.52. The molecule has 0 bridgehead atoms. The number of carbonyl (C=O) groups is 1. The van der Waals surface area contributed by atoms with Crippen molar-refractivity contribution in [1.29, 1.82) is 0 Å². The van der Waals surface area contributed by atoms with Gasteiger partial charge in [0.15, 0.2) is 0 Å². The van der Waals surface area contributed by atoms with Crippen LogP contribution in [-0.4, -0.2) is 28.8 Å². The Labute approximate surface area is 144 Å². The summed E-state index contributed by atoms with van der Waals surface area (Å²) in [5.41, 5.74) is 2.67. The molecule has 1 aromatic rings. The van der Waals surface area contributed by atoms with Gasteiger partial charge in [-0.3, -0.25) is 9.69 Å². The molecule has 0 spiro atoms. The largest absolute Gasteiger partial charge is 0.507 e. The molecule has 1 N–H and O–H groups in total. The van der Waals surface area contributed by atoms with E-state index in [2.05, 4.69) is 46.5 Å². The Hall–Kier alpha value is -2.10. The Morgan fingerprint density at radius 2 is 1.50 bits per heavy atom. The lowest BCUT2D eigenvalue weighted by Gasteiger charge is -2.27. The fraction of sp³-hybridized carbons (Fsp3) is 0.500. The molecule has 0 aliphatic carbocycles. The third-order valence-electron chi connectivity index (χ3n) is 4.34. The maximum Gasteiger partial charge on any atom is 0.277 e. The van der Waals surface area contributed by atoms with Gasteiger partial charge in [-0.05, 0) is 41.5 Å². The third kappa shape index (κ3) is 3.37. The quantitative estimate of drug-likeness (QED) is 0.785. The highest BCUT2D eigenvalue weighted by molar-refractivity contribution is 6.13. The summed E-state index contributed by atoms with van der Waals surface area (Å²) in [6.45, 7) is 14.2. The molecule has 1 heterocycles. The van der Waals surface area contributed by atoms with Gasteiger partial charge in [-0.2, -0.15) is 0 Å². The topological polar surface area (TPSA) is 52.9 Å². The Kier molecular flexibility index (Phi) is 4.38. The first-order valence-electron chi connectivity index (χ1n) is 8.25. The van der Waals surface area contributed by atoms with Crippen LogP contribution >= 0.6 is 0 Å². The molecule has 0 saturated heterocycles. The van der Waals surface area contributed by atoms with E-state index in [1.54, 1.807) is 18.0 Å². The van der Waals surface area contributed by atoms with Crippen LogP contribution in [-0.2, 0) is 15.6 Å². The van der Waals surface area contributed by atoms with E-state index in [-0.39, 0.29) is 16.7 Å². The van der Waals surface area contributed by atoms with Crippen LogP contribution in [0.25, 0.3) is 6.08 Å². The summed E-state index contributed by atoms with van der Waals surface area (Å²) in [5.74, 6) is 0.930. The summed E-state index contributed by atoms with van der Waals surface area (Å²) in [7, 11) is 1.72. The predicted molar refractivity (Wildman–Crippen MR) is 99.4 cm³/mol. The number of likely N-dealkylation sites (N-methyl/N-ethyl adjacent to an activating group) is 1. The van der Waals surface area contributed by atoms with Crippen molar-refractivity contribution in [2.75, 3.05) is 7.05 Å². The first-order valence-corrected chi connectivity index (χ1v) is 8.25. The van der Waals surface area contributed by atoms with Crippen LogP contribution in [0.1, 0.15) is 65.2 Å². The van der Waals surface area contributed by atoms with Crippen LogP contribution in [0.15, 0.2) is 22.8 Å². The molecular formula is C20H28N2O2. The second-order valence-electron chi connectivity index (χ2n) is 8.52. The van der Waals surface area contributed by atoms with Gasteiger partial charge in [-0.15, -0.1) is 0 Å². The SMILES string of the molecule is CC1=N/C(=C\c2cc(C(C)(C)C)c(O)c(C(C)(C)C)c2)C(=O)N1C. The number of aromatic hydroxyl groups is 1. The van der Waals surface area contributed by atoms with Gasteiger partial charge in [0, 0.05) is 18.2 Å². The number of hydrogen-bond donors (Lipinski definition) is 1. The van der Waals surface area contributed by atoms with Gasteiger partial charge in [0.25, 0.3) is 5.91 Å². The molecule has 0 radical (unpaired) electrons. The maximum atomic E-state index is 12.2. The average molecular weight is 328 g/mol. The minimum Gasteiger partial charge on any atom is -0.507 e. The molecule has 0 unspecified atom stereocenters. The lowest BCUT2D eigenvalue weighted by atomic mass is 9.78. The number of amides is 1. The summed E-state index contributed by atoms with van der Waals surface area (Å²) in [6, 6.07) is 3.90. The molecule has 1 aliphatic rings. The summed E-state index contributed by atoms with van der Waals surface area (Å²) in [6.07, 6.45) is 1.80. The van der Waals surface area contributed by atoms with Gasteiger partial charge in [0.05, 0.1) is 0 Å². The third-order valence-corrected chi connectivity index (χ3v) is 4.34. The molecule has 1 aromatic carbocycles. The van der Waals surface area contributed by atoms with E-state index in [0.29, 0.717) is 17.3 Å². The van der Waals surface area contributed by atoms with Crippen molar-refractivity contribution in [2.45, 2.75) is 59.3 Å². The molecule has 0 aromatic heterocycles. The molecule has 130 valence electrons. The van der Waals surface area contributed by atoms with Crippen molar-refractivity contribution in [3.05, 3.63) is 34.5 Å². The van der Waals surface area contributed by atoms with Gasteiger partial charge < -0.3 is 5.11 Å². The first kappa shape index (κ1) is 18.2. The Morgan fingerprint density at radius 3 is 1.83 bits per heavy atom. The molecule has 2 rings (SSSR count). The van der Waals surface area contributed by atoms with Crippen LogP contribution < -0.4 is 0 Å². The van der Waals surface area contributed by atoms with E-state index < -0.39 is 0 Å². The summed E-state index contributed by atoms with van der Waals surface area (Å²) in [4.78, 5) is 18.1. The molecule has 0 saturated carbocycles. The Bertz CT molecular complexity index is 709. The van der Waals surface area contributed by atoms with E-state index in [9.17, 15) is 9.90 Å². The summed E-state index contributed by atoms with van der Waals surface area (Å²) >= 11 is 0. The number of aliphatic imine (C=N–C) groups is 1. The zero-order valence-electron chi connectivity index (χ0n) is 16.0. The molecule has 4 nitrogen and oxygen atoms in total. The van der Waals surface area contributed by atoms with E-state index in [1.807, 2.05) is 19.1 Å². The molecule has 24 heavy (non-hydrogen) atoms. The second kappa shape index (κ2) is 5.76. The summed E-state index contributed by atoms with van der Waals surface area (Å²) in [5, 5.41) is 10.8. The van der Waals surface area contributed by atoms with Gasteiger partial charge in [0.1, 0.15) is 17.3 Å². The van der Waals surface area contributed by atoms with Crippen molar-refractivity contribution >= 4 is 17.8 Å². The normalized spacial score (nSPS) is 17.7. The van der Waals surface area contributed by atoms with Crippen molar-refractivity contribution in [3.63, 3.8) is 0 Å². The standard InChI is InChI=1S/C20H28N2O2/c1-12-21-16(18(24)22(12)8)11-13-9-14(19(2,3)4)17(23)15(10-13)20(5,6)7/h9-11,23H,1-8H3/b16-11-. The number of carbonyl (C=O) groups excluding carboxylic acids is 1. The molecule has 1 amide bonds. The van der Waals surface area contributed by atoms with Crippen molar-refractivity contribution in [1.82, 2.24) is 4.90 Å². The van der Waals surface area contributed by atoms with E-state index >= 15 is 0 Å².